The maximum Gasteiger partial charge on any atom is 0.0302 e. The SMILES string of the molecule is CCC(C)(CN)N1CCN(C)C(C)C1. The number of nitrogens with two attached hydrogens (primary N) is 1. The third-order valence-corrected chi connectivity index (χ3v) is 3.92. The Kier molecular flexibility index (Phi) is 3.93. The van der Waals surface area contributed by atoms with Crippen LogP contribution in [0.2, 0.25) is 0 Å². The van der Waals surface area contributed by atoms with E-state index in [9.17, 15) is 0 Å². The summed E-state index contributed by atoms with van der Waals surface area (Å²) in [6, 6.07) is 0.654. The fourth-order valence-corrected chi connectivity index (χ4v) is 2.04. The summed E-state index contributed by atoms with van der Waals surface area (Å²) < 4.78 is 0. The van der Waals surface area contributed by atoms with Crippen LogP contribution in [0.25, 0.3) is 0 Å². The molecule has 84 valence electrons. The van der Waals surface area contributed by atoms with Gasteiger partial charge in [-0.2, -0.15) is 0 Å². The zero-order chi connectivity index (χ0) is 10.8. The van der Waals surface area contributed by atoms with E-state index < -0.39 is 0 Å². The molecule has 0 aliphatic carbocycles. The van der Waals surface area contributed by atoms with Crippen LogP contribution in [0.4, 0.5) is 0 Å². The molecule has 2 atom stereocenters. The van der Waals surface area contributed by atoms with Gasteiger partial charge >= 0.3 is 0 Å². The molecule has 0 spiro atoms. The van der Waals surface area contributed by atoms with Crippen LogP contribution in [0, 0.1) is 0 Å². The van der Waals surface area contributed by atoms with Gasteiger partial charge < -0.3 is 10.6 Å². The minimum absolute atomic E-state index is 0.204. The van der Waals surface area contributed by atoms with Crippen molar-refractivity contribution in [3.63, 3.8) is 0 Å². The quantitative estimate of drug-likeness (QED) is 0.728. The van der Waals surface area contributed by atoms with Crippen LogP contribution >= 0.6 is 0 Å². The monoisotopic (exact) mass is 199 g/mol. The Morgan fingerprint density at radius 1 is 1.43 bits per heavy atom. The van der Waals surface area contributed by atoms with Crippen molar-refractivity contribution in [1.29, 1.82) is 0 Å². The largest absolute Gasteiger partial charge is 0.329 e. The van der Waals surface area contributed by atoms with Gasteiger partial charge in [0.15, 0.2) is 0 Å². The van der Waals surface area contributed by atoms with Gasteiger partial charge in [-0.05, 0) is 27.3 Å². The van der Waals surface area contributed by atoms with Gasteiger partial charge in [-0.15, -0.1) is 0 Å². The van der Waals surface area contributed by atoms with E-state index in [1.807, 2.05) is 0 Å². The highest BCUT2D eigenvalue weighted by molar-refractivity contribution is 4.90. The Bertz CT molecular complexity index is 177. The highest BCUT2D eigenvalue weighted by Crippen LogP contribution is 2.21. The maximum atomic E-state index is 5.87. The lowest BCUT2D eigenvalue weighted by Gasteiger charge is -2.47. The number of piperazine rings is 1. The lowest BCUT2D eigenvalue weighted by atomic mass is 9.94. The van der Waals surface area contributed by atoms with E-state index in [1.54, 1.807) is 0 Å². The lowest BCUT2D eigenvalue weighted by molar-refractivity contribution is 0.0255. The zero-order valence-corrected chi connectivity index (χ0v) is 10.1. The maximum absolute atomic E-state index is 5.87. The molecular formula is C11H25N3. The topological polar surface area (TPSA) is 32.5 Å². The summed E-state index contributed by atoms with van der Waals surface area (Å²) in [6.07, 6.45) is 1.14. The van der Waals surface area contributed by atoms with E-state index in [-0.39, 0.29) is 5.54 Å². The second-order valence-electron chi connectivity index (χ2n) is 4.83. The lowest BCUT2D eigenvalue weighted by Crippen LogP contribution is -2.60. The highest BCUT2D eigenvalue weighted by Gasteiger charge is 2.32. The predicted molar refractivity (Wildman–Crippen MR) is 61.4 cm³/mol. The fourth-order valence-electron chi connectivity index (χ4n) is 2.04. The third-order valence-electron chi connectivity index (χ3n) is 3.92. The minimum Gasteiger partial charge on any atom is -0.329 e. The molecule has 1 aliphatic rings. The Morgan fingerprint density at radius 2 is 2.07 bits per heavy atom. The molecule has 0 radical (unpaired) electrons. The number of hydrogen-bond acceptors (Lipinski definition) is 3. The zero-order valence-electron chi connectivity index (χ0n) is 10.1. The molecule has 1 aliphatic heterocycles. The van der Waals surface area contributed by atoms with Crippen molar-refractivity contribution in [1.82, 2.24) is 9.80 Å². The Balaban J connectivity index is 2.61. The van der Waals surface area contributed by atoms with Gasteiger partial charge in [-0.3, -0.25) is 4.90 Å². The summed E-state index contributed by atoms with van der Waals surface area (Å²) in [5, 5.41) is 0. The van der Waals surface area contributed by atoms with Crippen LogP contribution in [0.1, 0.15) is 27.2 Å². The smallest absolute Gasteiger partial charge is 0.0302 e. The third kappa shape index (κ3) is 2.27. The van der Waals surface area contributed by atoms with Crippen LogP contribution in [0.5, 0.6) is 0 Å². The van der Waals surface area contributed by atoms with Crippen LogP contribution < -0.4 is 5.73 Å². The molecule has 2 unspecified atom stereocenters. The summed E-state index contributed by atoms with van der Waals surface area (Å²) >= 11 is 0. The molecule has 0 aromatic heterocycles. The standard InChI is InChI=1S/C11H25N3/c1-5-11(3,9-12)14-7-6-13(4)10(2)8-14/h10H,5-9,12H2,1-4H3. The Hall–Kier alpha value is -0.120. The van der Waals surface area contributed by atoms with Crippen molar-refractivity contribution >= 4 is 0 Å². The first-order valence-electron chi connectivity index (χ1n) is 5.69. The van der Waals surface area contributed by atoms with Gasteiger partial charge in [-0.25, -0.2) is 0 Å². The normalized spacial score (nSPS) is 30.2. The van der Waals surface area contributed by atoms with Crippen LogP contribution in [-0.2, 0) is 0 Å². The average Bonchev–Trinajstić information content (AvgIpc) is 2.21. The molecule has 1 saturated heterocycles. The first-order chi connectivity index (χ1) is 6.53. The molecule has 3 heteroatoms. The van der Waals surface area contributed by atoms with Crippen molar-refractivity contribution in [2.45, 2.75) is 38.8 Å². The first kappa shape index (κ1) is 12.0. The van der Waals surface area contributed by atoms with Crippen molar-refractivity contribution in [3.05, 3.63) is 0 Å². The molecule has 0 aromatic carbocycles. The van der Waals surface area contributed by atoms with E-state index in [0.717, 1.165) is 32.6 Å². The molecular weight excluding hydrogens is 174 g/mol. The van der Waals surface area contributed by atoms with Gasteiger partial charge in [0.05, 0.1) is 0 Å². The summed E-state index contributed by atoms with van der Waals surface area (Å²) in [7, 11) is 2.20. The van der Waals surface area contributed by atoms with Crippen LogP contribution in [0.15, 0.2) is 0 Å². The van der Waals surface area contributed by atoms with Gasteiger partial charge in [0.2, 0.25) is 0 Å². The predicted octanol–water partition coefficient (Wildman–Crippen LogP) is 0.750. The van der Waals surface area contributed by atoms with Crippen molar-refractivity contribution in [3.8, 4) is 0 Å². The molecule has 1 heterocycles. The Labute approximate surface area is 88.2 Å². The molecule has 0 aromatic rings. The second-order valence-corrected chi connectivity index (χ2v) is 4.83. The second kappa shape index (κ2) is 4.60. The molecule has 14 heavy (non-hydrogen) atoms. The van der Waals surface area contributed by atoms with Crippen molar-refractivity contribution in [2.75, 3.05) is 33.2 Å². The summed E-state index contributed by atoms with van der Waals surface area (Å²) in [6.45, 7) is 11.0. The minimum atomic E-state index is 0.204. The number of rotatable bonds is 3. The molecule has 1 rings (SSSR count). The summed E-state index contributed by atoms with van der Waals surface area (Å²) in [4.78, 5) is 4.97. The molecule has 0 saturated carbocycles. The molecule has 3 nitrogen and oxygen atoms in total. The Morgan fingerprint density at radius 3 is 2.50 bits per heavy atom. The molecule has 0 amide bonds. The van der Waals surface area contributed by atoms with E-state index in [0.29, 0.717) is 6.04 Å². The number of hydrogen-bond donors (Lipinski definition) is 1. The summed E-state index contributed by atoms with van der Waals surface area (Å²) in [5.74, 6) is 0. The highest BCUT2D eigenvalue weighted by atomic mass is 15.3. The van der Waals surface area contributed by atoms with Crippen molar-refractivity contribution < 1.29 is 0 Å². The van der Waals surface area contributed by atoms with E-state index in [4.69, 9.17) is 5.73 Å². The van der Waals surface area contributed by atoms with Crippen LogP contribution in [-0.4, -0.2) is 54.6 Å². The molecule has 0 bridgehead atoms. The van der Waals surface area contributed by atoms with Gasteiger partial charge in [0.25, 0.3) is 0 Å². The van der Waals surface area contributed by atoms with E-state index >= 15 is 0 Å². The van der Waals surface area contributed by atoms with E-state index in [2.05, 4.69) is 37.6 Å². The first-order valence-corrected chi connectivity index (χ1v) is 5.69. The summed E-state index contributed by atoms with van der Waals surface area (Å²) in [5.41, 5.74) is 6.08. The van der Waals surface area contributed by atoms with Gasteiger partial charge in [-0.1, -0.05) is 6.92 Å². The molecule has 2 N–H and O–H groups in total. The fraction of sp³-hybridized carbons (Fsp3) is 1.00. The number of nitrogens with zero attached hydrogens (tertiary/aromatic N) is 2. The average molecular weight is 199 g/mol. The van der Waals surface area contributed by atoms with Crippen LogP contribution in [0.3, 0.4) is 0 Å². The van der Waals surface area contributed by atoms with Gasteiger partial charge in [0, 0.05) is 37.8 Å². The van der Waals surface area contributed by atoms with Crippen molar-refractivity contribution in [2.24, 2.45) is 5.73 Å². The van der Waals surface area contributed by atoms with Gasteiger partial charge in [0.1, 0.15) is 0 Å². The number of likely N-dealkylation sites (N-methyl/N-ethyl adjacent to an activating group) is 1. The van der Waals surface area contributed by atoms with E-state index in [1.165, 1.54) is 0 Å². The molecule has 1 fully saturated rings.